The number of hydrogen-bond donors (Lipinski definition) is 0. The summed E-state index contributed by atoms with van der Waals surface area (Å²) in [5.74, 6) is 0.547. The monoisotopic (exact) mass is 325 g/mol. The second-order valence-electron chi connectivity index (χ2n) is 6.44. The molecule has 1 aliphatic rings. The molecule has 1 aromatic carbocycles. The van der Waals surface area contributed by atoms with Gasteiger partial charge in [0.25, 0.3) is 5.56 Å². The molecule has 0 radical (unpaired) electrons. The van der Waals surface area contributed by atoms with Crippen LogP contribution in [0.4, 0.5) is 0 Å². The van der Waals surface area contributed by atoms with Crippen LogP contribution in [0.1, 0.15) is 31.9 Å². The van der Waals surface area contributed by atoms with E-state index in [9.17, 15) is 9.59 Å². The lowest BCUT2D eigenvalue weighted by molar-refractivity contribution is -0.135. The molecule has 1 atom stereocenters. The molecule has 5 heteroatoms. The fourth-order valence-corrected chi connectivity index (χ4v) is 3.28. The lowest BCUT2D eigenvalue weighted by Gasteiger charge is -2.33. The van der Waals surface area contributed by atoms with E-state index >= 15 is 0 Å². The van der Waals surface area contributed by atoms with Crippen LogP contribution in [0, 0.1) is 6.92 Å². The summed E-state index contributed by atoms with van der Waals surface area (Å²) in [6.07, 6.45) is 3.22. The molecule has 0 N–H and O–H groups in total. The van der Waals surface area contributed by atoms with Gasteiger partial charge in [0, 0.05) is 29.9 Å². The lowest BCUT2D eigenvalue weighted by Crippen LogP contribution is -2.44. The zero-order valence-electron chi connectivity index (χ0n) is 14.2. The summed E-state index contributed by atoms with van der Waals surface area (Å²) in [4.78, 5) is 31.6. The van der Waals surface area contributed by atoms with E-state index in [0.29, 0.717) is 11.5 Å². The Labute approximate surface area is 141 Å². The summed E-state index contributed by atoms with van der Waals surface area (Å²) in [5, 5.41) is 0. The smallest absolute Gasteiger partial charge is 0.254 e. The summed E-state index contributed by atoms with van der Waals surface area (Å²) in [6, 6.07) is 11.3. The Morgan fingerprint density at radius 2 is 2.00 bits per heavy atom. The largest absolute Gasteiger partial charge is 0.338 e. The molecular weight excluding hydrogens is 302 g/mol. The second-order valence-corrected chi connectivity index (χ2v) is 6.44. The highest BCUT2D eigenvalue weighted by Crippen LogP contribution is 2.19. The summed E-state index contributed by atoms with van der Waals surface area (Å²) < 4.78 is 1.49. The van der Waals surface area contributed by atoms with E-state index in [4.69, 9.17) is 0 Å². The summed E-state index contributed by atoms with van der Waals surface area (Å²) in [7, 11) is 0. The van der Waals surface area contributed by atoms with Crippen molar-refractivity contribution in [3.05, 3.63) is 52.4 Å². The molecule has 0 aliphatic carbocycles. The van der Waals surface area contributed by atoms with E-state index in [1.165, 1.54) is 10.6 Å². The van der Waals surface area contributed by atoms with Crippen LogP contribution in [0.2, 0.25) is 0 Å². The van der Waals surface area contributed by atoms with Gasteiger partial charge in [-0.15, -0.1) is 0 Å². The van der Waals surface area contributed by atoms with Gasteiger partial charge in [-0.25, -0.2) is 4.98 Å². The second kappa shape index (κ2) is 6.99. The molecular formula is C19H23N3O2. The number of carbonyl (C=O) groups is 1. The molecule has 0 spiro atoms. The Bertz CT molecular complexity index is 783. The highest BCUT2D eigenvalue weighted by molar-refractivity contribution is 5.77. The molecule has 0 unspecified atom stereocenters. The van der Waals surface area contributed by atoms with Gasteiger partial charge in [0.05, 0.1) is 0 Å². The van der Waals surface area contributed by atoms with Gasteiger partial charge in [-0.05, 0) is 33.1 Å². The topological polar surface area (TPSA) is 55.2 Å². The Hall–Kier alpha value is -2.43. The number of aryl methyl sites for hydroxylation is 1. The van der Waals surface area contributed by atoms with Crippen molar-refractivity contribution in [2.24, 2.45) is 0 Å². The third-order valence-corrected chi connectivity index (χ3v) is 4.58. The van der Waals surface area contributed by atoms with E-state index < -0.39 is 0 Å². The van der Waals surface area contributed by atoms with Crippen LogP contribution in [0.5, 0.6) is 0 Å². The lowest BCUT2D eigenvalue weighted by atomic mass is 10.0. The van der Waals surface area contributed by atoms with Gasteiger partial charge in [0.1, 0.15) is 12.4 Å². The Morgan fingerprint density at radius 3 is 2.71 bits per heavy atom. The fourth-order valence-electron chi connectivity index (χ4n) is 3.28. The number of nitrogens with zero attached hydrogens (tertiary/aromatic N) is 3. The Morgan fingerprint density at radius 1 is 1.25 bits per heavy atom. The quantitative estimate of drug-likeness (QED) is 0.872. The average molecular weight is 325 g/mol. The molecule has 2 aromatic rings. The number of piperidine rings is 1. The first-order valence-corrected chi connectivity index (χ1v) is 8.49. The molecule has 1 amide bonds. The van der Waals surface area contributed by atoms with Crippen LogP contribution in [0.25, 0.3) is 11.4 Å². The van der Waals surface area contributed by atoms with Crippen molar-refractivity contribution >= 4 is 5.91 Å². The van der Waals surface area contributed by atoms with Gasteiger partial charge >= 0.3 is 0 Å². The van der Waals surface area contributed by atoms with Crippen molar-refractivity contribution in [1.29, 1.82) is 0 Å². The minimum absolute atomic E-state index is 0.00728. The van der Waals surface area contributed by atoms with E-state index in [-0.39, 0.29) is 24.1 Å². The van der Waals surface area contributed by atoms with E-state index in [0.717, 1.165) is 31.4 Å². The minimum atomic E-state index is -0.181. The first-order valence-electron chi connectivity index (χ1n) is 8.49. The Balaban J connectivity index is 1.95. The van der Waals surface area contributed by atoms with Crippen LogP contribution in [0.3, 0.4) is 0 Å². The molecule has 24 heavy (non-hydrogen) atoms. The standard InChI is InChI=1S/C19H23N3O2/c1-14-12-17(23)22(19(20-14)16-9-4-3-5-10-16)13-18(24)21-11-7-6-8-15(21)2/h3-5,9-10,12,15H,6-8,11,13H2,1-2H3/t15-/m1/s1. The van der Waals surface area contributed by atoms with Gasteiger partial charge in [0.15, 0.2) is 0 Å². The van der Waals surface area contributed by atoms with Crippen LogP contribution in [0.15, 0.2) is 41.2 Å². The molecule has 1 saturated heterocycles. The molecule has 0 bridgehead atoms. The van der Waals surface area contributed by atoms with Crippen LogP contribution in [-0.4, -0.2) is 32.9 Å². The average Bonchev–Trinajstić information content (AvgIpc) is 2.58. The molecule has 1 aromatic heterocycles. The third kappa shape index (κ3) is 3.40. The van der Waals surface area contributed by atoms with Crippen LogP contribution >= 0.6 is 0 Å². The highest BCUT2D eigenvalue weighted by Gasteiger charge is 2.24. The first-order chi connectivity index (χ1) is 11.6. The van der Waals surface area contributed by atoms with Gasteiger partial charge in [-0.2, -0.15) is 0 Å². The zero-order chi connectivity index (χ0) is 17.1. The van der Waals surface area contributed by atoms with Gasteiger partial charge < -0.3 is 4.90 Å². The van der Waals surface area contributed by atoms with Crippen molar-refractivity contribution in [2.75, 3.05) is 6.54 Å². The molecule has 126 valence electrons. The number of carbonyl (C=O) groups excluding carboxylic acids is 1. The highest BCUT2D eigenvalue weighted by atomic mass is 16.2. The predicted molar refractivity (Wildman–Crippen MR) is 93.7 cm³/mol. The van der Waals surface area contributed by atoms with Crippen molar-refractivity contribution in [1.82, 2.24) is 14.5 Å². The number of amides is 1. The number of aromatic nitrogens is 2. The van der Waals surface area contributed by atoms with Crippen molar-refractivity contribution < 1.29 is 4.79 Å². The SMILES string of the molecule is Cc1cc(=O)n(CC(=O)N2CCCC[C@H]2C)c(-c2ccccc2)n1. The molecule has 3 rings (SSSR count). The number of hydrogen-bond acceptors (Lipinski definition) is 3. The molecule has 1 aliphatic heterocycles. The number of likely N-dealkylation sites (tertiary alicyclic amines) is 1. The van der Waals surface area contributed by atoms with Gasteiger partial charge in [0.2, 0.25) is 5.91 Å². The van der Waals surface area contributed by atoms with E-state index in [1.54, 1.807) is 6.92 Å². The number of benzene rings is 1. The molecule has 1 fully saturated rings. The minimum Gasteiger partial charge on any atom is -0.338 e. The van der Waals surface area contributed by atoms with Crippen LogP contribution < -0.4 is 5.56 Å². The maximum absolute atomic E-state index is 12.7. The van der Waals surface area contributed by atoms with Crippen LogP contribution in [-0.2, 0) is 11.3 Å². The predicted octanol–water partition coefficient (Wildman–Crippen LogP) is 2.62. The summed E-state index contributed by atoms with van der Waals surface area (Å²) >= 11 is 0. The molecule has 0 saturated carbocycles. The zero-order valence-corrected chi connectivity index (χ0v) is 14.2. The first kappa shape index (κ1) is 16.4. The van der Waals surface area contributed by atoms with Gasteiger partial charge in [-0.3, -0.25) is 14.2 Å². The van der Waals surface area contributed by atoms with Crippen molar-refractivity contribution in [2.45, 2.75) is 45.7 Å². The summed E-state index contributed by atoms with van der Waals surface area (Å²) in [5.41, 5.74) is 1.33. The van der Waals surface area contributed by atoms with Crippen molar-refractivity contribution in [3.63, 3.8) is 0 Å². The van der Waals surface area contributed by atoms with E-state index in [1.807, 2.05) is 35.2 Å². The van der Waals surface area contributed by atoms with Gasteiger partial charge in [-0.1, -0.05) is 30.3 Å². The molecule has 5 nitrogen and oxygen atoms in total. The molecule has 2 heterocycles. The Kier molecular flexibility index (Phi) is 4.79. The third-order valence-electron chi connectivity index (χ3n) is 4.58. The maximum atomic E-state index is 12.7. The fraction of sp³-hybridized carbons (Fsp3) is 0.421. The summed E-state index contributed by atoms with van der Waals surface area (Å²) in [6.45, 7) is 4.69. The number of rotatable bonds is 3. The van der Waals surface area contributed by atoms with E-state index in [2.05, 4.69) is 11.9 Å². The maximum Gasteiger partial charge on any atom is 0.254 e. The normalized spacial score (nSPS) is 17.8. The van der Waals surface area contributed by atoms with Crippen molar-refractivity contribution in [3.8, 4) is 11.4 Å².